The molecule has 0 spiro atoms. The number of fused-ring (bicyclic) bond motifs is 1. The Morgan fingerprint density at radius 1 is 1.10 bits per heavy atom. The van der Waals surface area contributed by atoms with Gasteiger partial charge in [0.1, 0.15) is 5.75 Å². The van der Waals surface area contributed by atoms with Crippen LogP contribution in [-0.4, -0.2) is 13.4 Å². The van der Waals surface area contributed by atoms with Crippen LogP contribution >= 0.6 is 0 Å². The van der Waals surface area contributed by atoms with E-state index in [1.165, 1.54) is 12.1 Å². The van der Waals surface area contributed by atoms with Crippen LogP contribution in [-0.2, 0) is 6.54 Å². The molecule has 2 aromatic carbocycles. The summed E-state index contributed by atoms with van der Waals surface area (Å²) in [5.41, 5.74) is 1.68. The highest BCUT2D eigenvalue weighted by Gasteiger charge is 2.43. The molecule has 0 aromatic heterocycles. The number of hydrogen-bond donors (Lipinski definition) is 1. The quantitative estimate of drug-likeness (QED) is 0.934. The van der Waals surface area contributed by atoms with Gasteiger partial charge in [0, 0.05) is 18.3 Å². The predicted octanol–water partition coefficient (Wildman–Crippen LogP) is 3.63. The summed E-state index contributed by atoms with van der Waals surface area (Å²) in [5.74, 6) is 0.821. The maximum absolute atomic E-state index is 12.9. The predicted molar refractivity (Wildman–Crippen MR) is 73.0 cm³/mol. The molecule has 2 aromatic rings. The molecule has 0 saturated carbocycles. The van der Waals surface area contributed by atoms with E-state index in [9.17, 15) is 8.78 Å². The molecule has 1 N–H and O–H groups in total. The second-order valence-electron chi connectivity index (χ2n) is 4.53. The third-order valence-corrected chi connectivity index (χ3v) is 3.03. The van der Waals surface area contributed by atoms with Crippen molar-refractivity contribution in [2.75, 3.05) is 12.4 Å². The highest BCUT2D eigenvalue weighted by molar-refractivity contribution is 5.56. The largest absolute Gasteiger partial charge is 0.586 e. The van der Waals surface area contributed by atoms with Gasteiger partial charge in [-0.3, -0.25) is 0 Å². The van der Waals surface area contributed by atoms with Gasteiger partial charge in [0.15, 0.2) is 11.5 Å². The van der Waals surface area contributed by atoms with Crippen molar-refractivity contribution in [3.8, 4) is 17.2 Å². The van der Waals surface area contributed by atoms with E-state index in [1.54, 1.807) is 13.2 Å². The average molecular weight is 293 g/mol. The maximum Gasteiger partial charge on any atom is 0.586 e. The molecule has 0 radical (unpaired) electrons. The molecule has 0 bridgehead atoms. The summed E-state index contributed by atoms with van der Waals surface area (Å²) in [6.45, 7) is 0.535. The van der Waals surface area contributed by atoms with Crippen LogP contribution in [0.3, 0.4) is 0 Å². The molecule has 6 heteroatoms. The second kappa shape index (κ2) is 5.12. The van der Waals surface area contributed by atoms with E-state index in [2.05, 4.69) is 14.8 Å². The topological polar surface area (TPSA) is 39.7 Å². The molecule has 3 rings (SSSR count). The van der Waals surface area contributed by atoms with Crippen LogP contribution in [0.2, 0.25) is 0 Å². The van der Waals surface area contributed by atoms with E-state index < -0.39 is 6.29 Å². The van der Waals surface area contributed by atoms with E-state index >= 15 is 0 Å². The first kappa shape index (κ1) is 13.5. The number of nitrogens with one attached hydrogen (secondary N) is 1. The molecule has 110 valence electrons. The van der Waals surface area contributed by atoms with Gasteiger partial charge in [-0.25, -0.2) is 0 Å². The number of hydrogen-bond acceptors (Lipinski definition) is 4. The Balaban J connectivity index is 1.69. The summed E-state index contributed by atoms with van der Waals surface area (Å²) in [4.78, 5) is 0. The minimum atomic E-state index is -3.59. The summed E-state index contributed by atoms with van der Waals surface area (Å²) in [6, 6.07) is 12.2. The first-order valence-electron chi connectivity index (χ1n) is 6.32. The molecule has 1 aliphatic rings. The van der Waals surface area contributed by atoms with Crippen LogP contribution in [0.5, 0.6) is 17.2 Å². The molecule has 1 heterocycles. The lowest BCUT2D eigenvalue weighted by molar-refractivity contribution is -0.286. The minimum absolute atomic E-state index is 0.0237. The van der Waals surface area contributed by atoms with Gasteiger partial charge >= 0.3 is 6.29 Å². The Morgan fingerprint density at radius 3 is 2.71 bits per heavy atom. The number of anilines is 1. The van der Waals surface area contributed by atoms with Crippen LogP contribution in [0.25, 0.3) is 0 Å². The fourth-order valence-electron chi connectivity index (χ4n) is 2.05. The monoisotopic (exact) mass is 293 g/mol. The van der Waals surface area contributed by atoms with E-state index in [0.29, 0.717) is 12.2 Å². The van der Waals surface area contributed by atoms with Gasteiger partial charge in [-0.1, -0.05) is 12.1 Å². The summed E-state index contributed by atoms with van der Waals surface area (Å²) >= 11 is 0. The number of methoxy groups -OCH3 is 1. The molecule has 0 unspecified atom stereocenters. The lowest BCUT2D eigenvalue weighted by Crippen LogP contribution is -2.25. The Hall–Kier alpha value is -2.50. The van der Waals surface area contributed by atoms with Gasteiger partial charge in [-0.15, -0.1) is 8.78 Å². The fraction of sp³-hybridized carbons (Fsp3) is 0.200. The van der Waals surface area contributed by atoms with Crippen molar-refractivity contribution >= 4 is 5.69 Å². The van der Waals surface area contributed by atoms with E-state index in [1.807, 2.05) is 24.3 Å². The molecular formula is C15H13F2NO3. The van der Waals surface area contributed by atoms with E-state index in [-0.39, 0.29) is 11.5 Å². The highest BCUT2D eigenvalue weighted by Crippen LogP contribution is 2.42. The van der Waals surface area contributed by atoms with Crippen LogP contribution in [0.4, 0.5) is 14.5 Å². The molecular weight excluding hydrogens is 280 g/mol. The first-order valence-corrected chi connectivity index (χ1v) is 6.32. The van der Waals surface area contributed by atoms with Gasteiger partial charge < -0.3 is 19.5 Å². The van der Waals surface area contributed by atoms with Crippen LogP contribution in [0.1, 0.15) is 5.56 Å². The standard InChI is InChI=1S/C15H13F2NO3/c1-19-12-4-2-3-10(7-12)9-18-11-5-6-13-14(8-11)21-15(16,17)20-13/h2-8,18H,9H2,1H3. The number of ether oxygens (including phenoxy) is 3. The number of rotatable bonds is 4. The van der Waals surface area contributed by atoms with Gasteiger partial charge in [0.2, 0.25) is 0 Å². The summed E-state index contributed by atoms with van der Waals surface area (Å²) < 4.78 is 39.7. The second-order valence-corrected chi connectivity index (χ2v) is 4.53. The van der Waals surface area contributed by atoms with Crippen molar-refractivity contribution in [3.05, 3.63) is 48.0 Å². The first-order chi connectivity index (χ1) is 10.1. The Morgan fingerprint density at radius 2 is 1.90 bits per heavy atom. The highest BCUT2D eigenvalue weighted by atomic mass is 19.3. The van der Waals surface area contributed by atoms with Crippen molar-refractivity contribution in [3.63, 3.8) is 0 Å². The molecule has 0 fully saturated rings. The lowest BCUT2D eigenvalue weighted by atomic mass is 10.2. The smallest absolute Gasteiger partial charge is 0.497 e. The molecule has 0 aliphatic carbocycles. The van der Waals surface area contributed by atoms with Crippen LogP contribution in [0, 0.1) is 0 Å². The lowest BCUT2D eigenvalue weighted by Gasteiger charge is -2.08. The zero-order valence-corrected chi connectivity index (χ0v) is 11.2. The summed E-state index contributed by atoms with van der Waals surface area (Å²) in [6.07, 6.45) is -3.59. The fourth-order valence-corrected chi connectivity index (χ4v) is 2.05. The summed E-state index contributed by atoms with van der Waals surface area (Å²) in [5, 5.41) is 3.13. The van der Waals surface area contributed by atoms with Crippen molar-refractivity contribution in [1.82, 2.24) is 0 Å². The normalized spacial score (nSPS) is 14.8. The van der Waals surface area contributed by atoms with Crippen LogP contribution in [0.15, 0.2) is 42.5 Å². The molecule has 0 amide bonds. The van der Waals surface area contributed by atoms with E-state index in [0.717, 1.165) is 11.3 Å². The Bertz CT molecular complexity index is 661. The average Bonchev–Trinajstić information content (AvgIpc) is 2.78. The van der Waals surface area contributed by atoms with Crippen molar-refractivity contribution in [2.24, 2.45) is 0 Å². The third-order valence-electron chi connectivity index (χ3n) is 3.03. The Labute approximate surface area is 120 Å². The minimum Gasteiger partial charge on any atom is -0.497 e. The number of halogens is 2. The SMILES string of the molecule is COc1cccc(CNc2ccc3c(c2)OC(F)(F)O3)c1. The number of benzene rings is 2. The van der Waals surface area contributed by atoms with Crippen molar-refractivity contribution in [1.29, 1.82) is 0 Å². The Kier molecular flexibility index (Phi) is 3.29. The van der Waals surface area contributed by atoms with Gasteiger partial charge in [-0.05, 0) is 29.8 Å². The molecule has 1 aliphatic heterocycles. The zero-order valence-electron chi connectivity index (χ0n) is 11.2. The molecule has 0 atom stereocenters. The van der Waals surface area contributed by atoms with Gasteiger partial charge in [0.05, 0.1) is 7.11 Å². The van der Waals surface area contributed by atoms with Crippen molar-refractivity contribution < 1.29 is 23.0 Å². The van der Waals surface area contributed by atoms with E-state index in [4.69, 9.17) is 4.74 Å². The summed E-state index contributed by atoms with van der Waals surface area (Å²) in [7, 11) is 1.60. The molecule has 0 saturated heterocycles. The van der Waals surface area contributed by atoms with Crippen LogP contribution < -0.4 is 19.5 Å². The van der Waals surface area contributed by atoms with Gasteiger partial charge in [-0.2, -0.15) is 0 Å². The molecule has 4 nitrogen and oxygen atoms in total. The zero-order chi connectivity index (χ0) is 14.9. The van der Waals surface area contributed by atoms with Gasteiger partial charge in [0.25, 0.3) is 0 Å². The third kappa shape index (κ3) is 2.99. The number of alkyl halides is 2. The molecule has 21 heavy (non-hydrogen) atoms. The van der Waals surface area contributed by atoms with Crippen molar-refractivity contribution in [2.45, 2.75) is 12.8 Å². The maximum atomic E-state index is 12.9.